The normalized spacial score (nSPS) is 10.6. The van der Waals surface area contributed by atoms with Gasteiger partial charge in [0, 0.05) is 34.6 Å². The first-order valence-electron chi connectivity index (χ1n) is 8.85. The maximum atomic E-state index is 11.9. The third kappa shape index (κ3) is 6.12. The summed E-state index contributed by atoms with van der Waals surface area (Å²) >= 11 is 3.37. The summed E-state index contributed by atoms with van der Waals surface area (Å²) in [5.74, 6) is 2.50. The average Bonchev–Trinajstić information content (AvgIpc) is 3.16. The summed E-state index contributed by atoms with van der Waals surface area (Å²) in [6, 6.07) is 17.6. The van der Waals surface area contributed by atoms with Crippen molar-refractivity contribution in [3.8, 4) is 16.3 Å². The second-order valence-electron chi connectivity index (χ2n) is 5.82. The van der Waals surface area contributed by atoms with Crippen LogP contribution in [0.3, 0.4) is 0 Å². The van der Waals surface area contributed by atoms with E-state index in [4.69, 9.17) is 9.72 Å². The highest BCUT2D eigenvalue weighted by atomic mass is 32.2. The highest BCUT2D eigenvalue weighted by molar-refractivity contribution is 7.98. The van der Waals surface area contributed by atoms with E-state index in [0.29, 0.717) is 13.0 Å². The molecule has 27 heavy (non-hydrogen) atoms. The Hall–Kier alpha value is -2.31. The van der Waals surface area contributed by atoms with Gasteiger partial charge in [-0.2, -0.15) is 11.8 Å². The molecule has 0 saturated carbocycles. The van der Waals surface area contributed by atoms with Crippen LogP contribution in [0.25, 0.3) is 10.6 Å². The molecule has 4 nitrogen and oxygen atoms in total. The van der Waals surface area contributed by atoms with Crippen molar-refractivity contribution in [1.29, 1.82) is 0 Å². The van der Waals surface area contributed by atoms with Gasteiger partial charge in [0.1, 0.15) is 10.8 Å². The molecule has 0 atom stereocenters. The van der Waals surface area contributed by atoms with Crippen molar-refractivity contribution < 1.29 is 9.53 Å². The fraction of sp³-hybridized carbons (Fsp3) is 0.238. The first-order valence-corrected chi connectivity index (χ1v) is 10.9. The summed E-state index contributed by atoms with van der Waals surface area (Å²) in [7, 11) is 0. The number of carbonyl (C=O) groups is 1. The van der Waals surface area contributed by atoms with Crippen LogP contribution in [-0.4, -0.2) is 23.3 Å². The number of anilines is 1. The molecule has 0 aliphatic carbocycles. The predicted octanol–water partition coefficient (Wildman–Crippen LogP) is 5.47. The van der Waals surface area contributed by atoms with Gasteiger partial charge in [-0.05, 0) is 43.3 Å². The van der Waals surface area contributed by atoms with Crippen LogP contribution in [0.5, 0.6) is 5.75 Å². The zero-order chi connectivity index (χ0) is 18.9. The summed E-state index contributed by atoms with van der Waals surface area (Å²) in [6.45, 7) is 2.64. The topological polar surface area (TPSA) is 51.2 Å². The Morgan fingerprint density at radius 2 is 1.93 bits per heavy atom. The van der Waals surface area contributed by atoms with E-state index in [1.54, 1.807) is 23.1 Å². The molecule has 0 aliphatic rings. The number of aromatic nitrogens is 1. The van der Waals surface area contributed by atoms with E-state index >= 15 is 0 Å². The van der Waals surface area contributed by atoms with Crippen molar-refractivity contribution in [2.45, 2.75) is 19.1 Å². The fourth-order valence-corrected chi connectivity index (χ4v) is 4.22. The second kappa shape index (κ2) is 10.1. The molecule has 0 bridgehead atoms. The highest BCUT2D eigenvalue weighted by Crippen LogP contribution is 2.27. The lowest BCUT2D eigenvalue weighted by Gasteiger charge is -2.04. The third-order valence-corrected chi connectivity index (χ3v) is 5.68. The molecule has 0 aliphatic heterocycles. The largest absolute Gasteiger partial charge is 0.494 e. The zero-order valence-electron chi connectivity index (χ0n) is 15.2. The van der Waals surface area contributed by atoms with Gasteiger partial charge < -0.3 is 10.1 Å². The average molecular weight is 399 g/mol. The number of hydrogen-bond donors (Lipinski definition) is 1. The van der Waals surface area contributed by atoms with Gasteiger partial charge in [0.15, 0.2) is 0 Å². The number of para-hydroxylation sites is 1. The molecule has 140 valence electrons. The van der Waals surface area contributed by atoms with Gasteiger partial charge in [-0.1, -0.05) is 18.2 Å². The summed E-state index contributed by atoms with van der Waals surface area (Å²) in [5.41, 5.74) is 2.99. The van der Waals surface area contributed by atoms with Gasteiger partial charge in [0.25, 0.3) is 0 Å². The number of nitrogens with zero attached hydrogens (tertiary/aromatic N) is 1. The van der Waals surface area contributed by atoms with Gasteiger partial charge in [-0.25, -0.2) is 4.98 Å². The molecule has 1 aromatic heterocycles. The molecule has 2 aromatic carbocycles. The molecule has 1 N–H and O–H groups in total. The minimum Gasteiger partial charge on any atom is -0.494 e. The number of nitrogens with one attached hydrogen (secondary N) is 1. The zero-order valence-corrected chi connectivity index (χ0v) is 16.8. The van der Waals surface area contributed by atoms with E-state index in [-0.39, 0.29) is 5.91 Å². The number of rotatable bonds is 9. The van der Waals surface area contributed by atoms with E-state index < -0.39 is 0 Å². The Bertz CT molecular complexity index is 848. The van der Waals surface area contributed by atoms with Crippen molar-refractivity contribution in [2.24, 2.45) is 0 Å². The van der Waals surface area contributed by atoms with E-state index in [1.165, 1.54) is 0 Å². The number of amides is 1. The van der Waals surface area contributed by atoms with E-state index in [0.717, 1.165) is 39.2 Å². The fourth-order valence-electron chi connectivity index (χ4n) is 2.45. The monoisotopic (exact) mass is 398 g/mol. The first kappa shape index (κ1) is 19.5. The predicted molar refractivity (Wildman–Crippen MR) is 115 cm³/mol. The van der Waals surface area contributed by atoms with Crippen LogP contribution in [0.1, 0.15) is 19.0 Å². The highest BCUT2D eigenvalue weighted by Gasteiger charge is 2.07. The van der Waals surface area contributed by atoms with Crippen LogP contribution < -0.4 is 10.1 Å². The Balaban J connectivity index is 1.42. The van der Waals surface area contributed by atoms with Gasteiger partial charge in [0.2, 0.25) is 5.91 Å². The van der Waals surface area contributed by atoms with Crippen molar-refractivity contribution in [1.82, 2.24) is 4.98 Å². The number of thioether (sulfide) groups is 1. The molecule has 0 fully saturated rings. The van der Waals surface area contributed by atoms with E-state index in [9.17, 15) is 4.79 Å². The number of hydrogen-bond acceptors (Lipinski definition) is 5. The molecule has 0 spiro atoms. The summed E-state index contributed by atoms with van der Waals surface area (Å²) < 4.78 is 5.47. The molecule has 1 heterocycles. The van der Waals surface area contributed by atoms with Crippen LogP contribution in [0.2, 0.25) is 0 Å². The summed E-state index contributed by atoms with van der Waals surface area (Å²) in [4.78, 5) is 16.6. The van der Waals surface area contributed by atoms with Crippen LogP contribution in [-0.2, 0) is 10.5 Å². The molecule has 3 rings (SSSR count). The minimum atomic E-state index is 0.0436. The molecular weight excluding hydrogens is 376 g/mol. The minimum absolute atomic E-state index is 0.0436. The Kier molecular flexibility index (Phi) is 7.30. The number of thiazole rings is 1. The Morgan fingerprint density at radius 3 is 2.67 bits per heavy atom. The Labute approximate surface area is 168 Å². The lowest BCUT2D eigenvalue weighted by atomic mass is 10.2. The van der Waals surface area contributed by atoms with Crippen LogP contribution in [0.4, 0.5) is 5.69 Å². The lowest BCUT2D eigenvalue weighted by Crippen LogP contribution is -2.12. The summed E-state index contributed by atoms with van der Waals surface area (Å²) in [5, 5.41) is 6.00. The maximum absolute atomic E-state index is 11.9. The molecule has 1 amide bonds. The SMILES string of the molecule is CCOc1ccc(-c2nc(CSCCC(=O)Nc3ccccc3)cs2)cc1. The Morgan fingerprint density at radius 1 is 1.15 bits per heavy atom. The number of benzene rings is 2. The maximum Gasteiger partial charge on any atom is 0.225 e. The summed E-state index contributed by atoms with van der Waals surface area (Å²) in [6.07, 6.45) is 0.495. The molecule has 0 radical (unpaired) electrons. The molecule has 6 heteroatoms. The van der Waals surface area contributed by atoms with Crippen LogP contribution >= 0.6 is 23.1 Å². The molecule has 0 saturated heterocycles. The second-order valence-corrected chi connectivity index (χ2v) is 7.78. The van der Waals surface area contributed by atoms with Crippen molar-refractivity contribution in [2.75, 3.05) is 17.7 Å². The smallest absolute Gasteiger partial charge is 0.225 e. The standard InChI is InChI=1S/C21H22N2O2S2/c1-2-25-19-10-8-16(9-11-19)21-23-18(15-27-21)14-26-13-12-20(24)22-17-6-4-3-5-7-17/h3-11,15H,2,12-14H2,1H3,(H,22,24). The van der Waals surface area contributed by atoms with Crippen molar-refractivity contribution in [3.05, 3.63) is 65.7 Å². The number of carbonyl (C=O) groups excluding carboxylic acids is 1. The van der Waals surface area contributed by atoms with E-state index in [1.807, 2.05) is 61.5 Å². The first-order chi connectivity index (χ1) is 13.2. The number of ether oxygens (including phenoxy) is 1. The van der Waals surface area contributed by atoms with Crippen molar-refractivity contribution >= 4 is 34.7 Å². The van der Waals surface area contributed by atoms with Crippen LogP contribution in [0, 0.1) is 0 Å². The van der Waals surface area contributed by atoms with E-state index in [2.05, 4.69) is 10.7 Å². The molecular formula is C21H22N2O2S2. The van der Waals surface area contributed by atoms with Gasteiger partial charge in [0.05, 0.1) is 12.3 Å². The van der Waals surface area contributed by atoms with Crippen LogP contribution in [0.15, 0.2) is 60.0 Å². The molecule has 0 unspecified atom stereocenters. The lowest BCUT2D eigenvalue weighted by molar-refractivity contribution is -0.115. The van der Waals surface area contributed by atoms with Crippen molar-refractivity contribution in [3.63, 3.8) is 0 Å². The van der Waals surface area contributed by atoms with Gasteiger partial charge in [-0.3, -0.25) is 4.79 Å². The van der Waals surface area contributed by atoms with Gasteiger partial charge in [-0.15, -0.1) is 11.3 Å². The molecule has 3 aromatic rings. The quantitative estimate of drug-likeness (QED) is 0.486. The van der Waals surface area contributed by atoms with Gasteiger partial charge >= 0.3 is 0 Å². The third-order valence-electron chi connectivity index (χ3n) is 3.74.